The Balaban J connectivity index is 2.36. The van der Waals surface area contributed by atoms with E-state index in [9.17, 15) is 0 Å². The summed E-state index contributed by atoms with van der Waals surface area (Å²) < 4.78 is 5.20. The van der Waals surface area contributed by atoms with Gasteiger partial charge in [0.1, 0.15) is 0 Å². The molecule has 2 N–H and O–H groups in total. The normalized spacial score (nSPS) is 19.7. The summed E-state index contributed by atoms with van der Waals surface area (Å²) in [7, 11) is 1.77. The van der Waals surface area contributed by atoms with E-state index < -0.39 is 0 Å². The fraction of sp³-hybridized carbons (Fsp3) is 1.00. The van der Waals surface area contributed by atoms with E-state index in [1.165, 1.54) is 32.1 Å². The molecule has 1 saturated carbocycles. The zero-order valence-corrected chi connectivity index (χ0v) is 12.5. The minimum atomic E-state index is 0.348. The van der Waals surface area contributed by atoms with Gasteiger partial charge in [0, 0.05) is 32.8 Å². The fourth-order valence-corrected chi connectivity index (χ4v) is 3.00. The molecular weight excluding hydrogens is 224 g/mol. The first-order valence-electron chi connectivity index (χ1n) is 7.60. The Morgan fingerprint density at radius 1 is 1.17 bits per heavy atom. The molecule has 0 heterocycles. The maximum atomic E-state index is 6.41. The van der Waals surface area contributed by atoms with Gasteiger partial charge in [-0.2, -0.15) is 0 Å². The predicted molar refractivity (Wildman–Crippen MR) is 77.7 cm³/mol. The standard InChI is InChI=1S/C15H32N2O/c1-13(2)11-17(9-10-18-3)12-15(16)14-7-5-4-6-8-14/h13-15H,4-12,16H2,1-3H3. The van der Waals surface area contributed by atoms with Crippen molar-refractivity contribution in [1.82, 2.24) is 4.90 Å². The Morgan fingerprint density at radius 3 is 2.39 bits per heavy atom. The molecule has 3 nitrogen and oxygen atoms in total. The highest BCUT2D eigenvalue weighted by Crippen LogP contribution is 2.26. The van der Waals surface area contributed by atoms with Gasteiger partial charge in [0.2, 0.25) is 0 Å². The summed E-state index contributed by atoms with van der Waals surface area (Å²) in [5, 5.41) is 0. The highest BCUT2D eigenvalue weighted by molar-refractivity contribution is 4.79. The molecule has 0 bridgehead atoms. The predicted octanol–water partition coefficient (Wildman–Crippen LogP) is 2.50. The Labute approximate surface area is 113 Å². The molecule has 0 amide bonds. The molecule has 1 atom stereocenters. The van der Waals surface area contributed by atoms with Crippen LogP contribution >= 0.6 is 0 Å². The average molecular weight is 256 g/mol. The monoisotopic (exact) mass is 256 g/mol. The van der Waals surface area contributed by atoms with Crippen LogP contribution in [0.5, 0.6) is 0 Å². The lowest BCUT2D eigenvalue weighted by molar-refractivity contribution is 0.126. The average Bonchev–Trinajstić information content (AvgIpc) is 2.36. The van der Waals surface area contributed by atoms with Gasteiger partial charge >= 0.3 is 0 Å². The summed E-state index contributed by atoms with van der Waals surface area (Å²) in [6.45, 7) is 8.52. The van der Waals surface area contributed by atoms with Crippen molar-refractivity contribution in [3.8, 4) is 0 Å². The lowest BCUT2D eigenvalue weighted by atomic mass is 9.84. The molecule has 0 aromatic rings. The summed E-state index contributed by atoms with van der Waals surface area (Å²) in [6.07, 6.45) is 6.83. The van der Waals surface area contributed by atoms with Crippen molar-refractivity contribution in [1.29, 1.82) is 0 Å². The number of methoxy groups -OCH3 is 1. The number of nitrogens with zero attached hydrogens (tertiary/aromatic N) is 1. The van der Waals surface area contributed by atoms with E-state index in [0.29, 0.717) is 12.0 Å². The Morgan fingerprint density at radius 2 is 1.83 bits per heavy atom. The fourth-order valence-electron chi connectivity index (χ4n) is 3.00. The van der Waals surface area contributed by atoms with Gasteiger partial charge in [-0.1, -0.05) is 33.1 Å². The highest BCUT2D eigenvalue weighted by atomic mass is 16.5. The SMILES string of the molecule is COCCN(CC(C)C)CC(N)C1CCCCC1. The van der Waals surface area contributed by atoms with Gasteiger partial charge in [0.05, 0.1) is 6.61 Å². The van der Waals surface area contributed by atoms with Crippen LogP contribution in [-0.4, -0.2) is 44.3 Å². The molecule has 1 aliphatic rings. The van der Waals surface area contributed by atoms with Crippen molar-refractivity contribution < 1.29 is 4.74 Å². The Hall–Kier alpha value is -0.120. The minimum Gasteiger partial charge on any atom is -0.383 e. The Kier molecular flexibility index (Phi) is 7.87. The maximum absolute atomic E-state index is 6.41. The van der Waals surface area contributed by atoms with Gasteiger partial charge in [-0.25, -0.2) is 0 Å². The van der Waals surface area contributed by atoms with Crippen molar-refractivity contribution in [3.05, 3.63) is 0 Å². The van der Waals surface area contributed by atoms with Gasteiger partial charge < -0.3 is 10.5 Å². The second-order valence-corrected chi connectivity index (χ2v) is 6.21. The lowest BCUT2D eigenvalue weighted by Gasteiger charge is -2.33. The molecule has 1 rings (SSSR count). The number of hydrogen-bond acceptors (Lipinski definition) is 3. The second-order valence-electron chi connectivity index (χ2n) is 6.21. The molecule has 0 aromatic heterocycles. The molecule has 1 fully saturated rings. The van der Waals surface area contributed by atoms with Crippen molar-refractivity contribution in [3.63, 3.8) is 0 Å². The molecule has 0 radical (unpaired) electrons. The summed E-state index contributed by atoms with van der Waals surface area (Å²) in [4.78, 5) is 2.48. The number of nitrogens with two attached hydrogens (primary N) is 1. The van der Waals surface area contributed by atoms with Crippen LogP contribution in [0, 0.1) is 11.8 Å². The molecule has 1 aliphatic carbocycles. The van der Waals surface area contributed by atoms with Crippen molar-refractivity contribution in [2.24, 2.45) is 17.6 Å². The molecule has 3 heteroatoms. The third kappa shape index (κ3) is 6.17. The van der Waals surface area contributed by atoms with Crippen LogP contribution in [-0.2, 0) is 4.74 Å². The van der Waals surface area contributed by atoms with E-state index in [-0.39, 0.29) is 0 Å². The first-order chi connectivity index (χ1) is 8.63. The summed E-state index contributed by atoms with van der Waals surface area (Å²) in [5.74, 6) is 1.44. The second kappa shape index (κ2) is 8.89. The van der Waals surface area contributed by atoms with Crippen LogP contribution in [0.25, 0.3) is 0 Å². The van der Waals surface area contributed by atoms with E-state index in [2.05, 4.69) is 18.7 Å². The quantitative estimate of drug-likeness (QED) is 0.725. The molecular formula is C15H32N2O. The zero-order valence-electron chi connectivity index (χ0n) is 12.5. The number of hydrogen-bond donors (Lipinski definition) is 1. The van der Waals surface area contributed by atoms with Crippen molar-refractivity contribution in [2.75, 3.05) is 33.4 Å². The lowest BCUT2D eigenvalue weighted by Crippen LogP contribution is -2.45. The molecule has 0 saturated heterocycles. The number of ether oxygens (including phenoxy) is 1. The smallest absolute Gasteiger partial charge is 0.0589 e. The third-order valence-electron chi connectivity index (χ3n) is 3.96. The van der Waals surface area contributed by atoms with Crippen LogP contribution in [0.3, 0.4) is 0 Å². The van der Waals surface area contributed by atoms with Gasteiger partial charge in [-0.3, -0.25) is 4.90 Å². The van der Waals surface area contributed by atoms with Crippen molar-refractivity contribution >= 4 is 0 Å². The van der Waals surface area contributed by atoms with E-state index in [0.717, 1.165) is 32.2 Å². The van der Waals surface area contributed by atoms with E-state index in [4.69, 9.17) is 10.5 Å². The maximum Gasteiger partial charge on any atom is 0.0589 e. The molecule has 0 aliphatic heterocycles. The van der Waals surface area contributed by atoms with Gasteiger partial charge in [0.15, 0.2) is 0 Å². The summed E-state index contributed by atoms with van der Waals surface area (Å²) >= 11 is 0. The van der Waals surface area contributed by atoms with Crippen LogP contribution < -0.4 is 5.73 Å². The van der Waals surface area contributed by atoms with Gasteiger partial charge in [-0.05, 0) is 24.7 Å². The van der Waals surface area contributed by atoms with Crippen molar-refractivity contribution in [2.45, 2.75) is 52.0 Å². The largest absolute Gasteiger partial charge is 0.383 e. The molecule has 18 heavy (non-hydrogen) atoms. The van der Waals surface area contributed by atoms with Gasteiger partial charge in [0.25, 0.3) is 0 Å². The molecule has 1 unspecified atom stereocenters. The molecule has 108 valence electrons. The van der Waals surface area contributed by atoms with Crippen LogP contribution in [0.15, 0.2) is 0 Å². The summed E-state index contributed by atoms with van der Waals surface area (Å²) in [6, 6.07) is 0.348. The summed E-state index contributed by atoms with van der Waals surface area (Å²) in [5.41, 5.74) is 6.41. The van der Waals surface area contributed by atoms with E-state index >= 15 is 0 Å². The van der Waals surface area contributed by atoms with Crippen LogP contribution in [0.2, 0.25) is 0 Å². The first-order valence-corrected chi connectivity index (χ1v) is 7.60. The topological polar surface area (TPSA) is 38.5 Å². The minimum absolute atomic E-state index is 0.348. The molecule has 0 aromatic carbocycles. The zero-order chi connectivity index (χ0) is 13.4. The van der Waals surface area contributed by atoms with E-state index in [1.54, 1.807) is 7.11 Å². The van der Waals surface area contributed by atoms with Crippen LogP contribution in [0.1, 0.15) is 46.0 Å². The Bertz CT molecular complexity index is 203. The van der Waals surface area contributed by atoms with Gasteiger partial charge in [-0.15, -0.1) is 0 Å². The molecule has 0 spiro atoms. The number of rotatable bonds is 8. The first kappa shape index (κ1) is 15.9. The highest BCUT2D eigenvalue weighted by Gasteiger charge is 2.22. The van der Waals surface area contributed by atoms with E-state index in [1.807, 2.05) is 0 Å². The van der Waals surface area contributed by atoms with Crippen LogP contribution in [0.4, 0.5) is 0 Å². The third-order valence-corrected chi connectivity index (χ3v) is 3.96.